The molecule has 0 aromatic heterocycles. The second-order valence-electron chi connectivity index (χ2n) is 5.64. The second-order valence-corrected chi connectivity index (χ2v) is 7.71. The molecular weight excluding hydrogens is 278 g/mol. The third-order valence-electron chi connectivity index (χ3n) is 2.37. The predicted octanol–water partition coefficient (Wildman–Crippen LogP) is 1.40. The Morgan fingerprint density at radius 2 is 1.85 bits per heavy atom. The number of nitrogens with two attached hydrogens (primary N) is 1. The summed E-state index contributed by atoms with van der Waals surface area (Å²) < 4.78 is 28.9. The Kier molecular flexibility index (Phi) is 5.30. The van der Waals surface area contributed by atoms with Crippen molar-refractivity contribution in [2.24, 2.45) is 5.73 Å². The van der Waals surface area contributed by atoms with E-state index in [0.717, 1.165) is 5.56 Å². The van der Waals surface area contributed by atoms with Crippen molar-refractivity contribution in [2.75, 3.05) is 5.75 Å². The molecule has 0 saturated heterocycles. The van der Waals surface area contributed by atoms with E-state index in [0.29, 0.717) is 12.1 Å². The zero-order valence-corrected chi connectivity index (χ0v) is 12.9. The molecule has 0 aliphatic carbocycles. The second kappa shape index (κ2) is 6.37. The minimum Gasteiger partial charge on any atom is -0.459 e. The Bertz CT molecular complexity index is 573. The zero-order chi connectivity index (χ0) is 15.4. The minimum absolute atomic E-state index is 0.194. The van der Waals surface area contributed by atoms with Crippen LogP contribution < -0.4 is 5.73 Å². The number of esters is 1. The molecule has 0 saturated carbocycles. The molecule has 0 fully saturated rings. The molecule has 2 N–H and O–H groups in total. The summed E-state index contributed by atoms with van der Waals surface area (Å²) in [5.74, 6) is -1.54. The maximum Gasteiger partial charge on any atom is 0.321 e. The molecule has 112 valence electrons. The molecular formula is C14H21NO4S. The van der Waals surface area contributed by atoms with Gasteiger partial charge >= 0.3 is 5.97 Å². The number of ether oxygens (including phenoxy) is 1. The molecule has 0 atom stereocenters. The molecule has 1 aromatic rings. The van der Waals surface area contributed by atoms with Gasteiger partial charge in [-0.25, -0.2) is 8.42 Å². The van der Waals surface area contributed by atoms with Crippen LogP contribution >= 0.6 is 0 Å². The summed E-state index contributed by atoms with van der Waals surface area (Å²) in [6.07, 6.45) is 0. The maximum atomic E-state index is 12.0. The Hall–Kier alpha value is -1.40. The lowest BCUT2D eigenvalue weighted by Crippen LogP contribution is -2.29. The largest absolute Gasteiger partial charge is 0.459 e. The van der Waals surface area contributed by atoms with Crippen molar-refractivity contribution in [1.29, 1.82) is 0 Å². The number of benzene rings is 1. The van der Waals surface area contributed by atoms with Crippen molar-refractivity contribution in [3.8, 4) is 0 Å². The van der Waals surface area contributed by atoms with Crippen molar-refractivity contribution in [3.63, 3.8) is 0 Å². The number of carbonyl (C=O) groups is 1. The Labute approximate surface area is 120 Å². The zero-order valence-electron chi connectivity index (χ0n) is 12.0. The van der Waals surface area contributed by atoms with Gasteiger partial charge in [-0.2, -0.15) is 0 Å². The third kappa shape index (κ3) is 6.16. The van der Waals surface area contributed by atoms with Gasteiger partial charge in [-0.05, 0) is 31.9 Å². The van der Waals surface area contributed by atoms with Crippen LogP contribution in [0.3, 0.4) is 0 Å². The Morgan fingerprint density at radius 1 is 1.25 bits per heavy atom. The van der Waals surface area contributed by atoms with E-state index in [1.165, 1.54) is 0 Å². The van der Waals surface area contributed by atoms with Crippen molar-refractivity contribution in [2.45, 2.75) is 38.7 Å². The highest BCUT2D eigenvalue weighted by Crippen LogP contribution is 2.12. The van der Waals surface area contributed by atoms with E-state index in [9.17, 15) is 13.2 Å². The van der Waals surface area contributed by atoms with Crippen LogP contribution in [0.4, 0.5) is 0 Å². The summed E-state index contributed by atoms with van der Waals surface area (Å²) in [4.78, 5) is 11.6. The van der Waals surface area contributed by atoms with E-state index in [2.05, 4.69) is 0 Å². The summed E-state index contributed by atoms with van der Waals surface area (Å²) in [5.41, 5.74) is 6.30. The lowest BCUT2D eigenvalue weighted by atomic mass is 10.1. The van der Waals surface area contributed by atoms with E-state index >= 15 is 0 Å². The van der Waals surface area contributed by atoms with E-state index in [4.69, 9.17) is 10.5 Å². The van der Waals surface area contributed by atoms with Gasteiger partial charge in [0.05, 0.1) is 5.75 Å². The smallest absolute Gasteiger partial charge is 0.321 e. The SMILES string of the molecule is CC(C)(C)OC(=O)CS(=O)(=O)Cc1cccc(CN)c1. The van der Waals surface area contributed by atoms with E-state index in [-0.39, 0.29) is 5.75 Å². The molecule has 0 amide bonds. The molecule has 0 bridgehead atoms. The maximum absolute atomic E-state index is 12.0. The summed E-state index contributed by atoms with van der Waals surface area (Å²) in [5, 5.41) is 0. The van der Waals surface area contributed by atoms with E-state index < -0.39 is 27.2 Å². The summed E-state index contributed by atoms with van der Waals surface area (Å²) in [6, 6.07) is 7.00. The first kappa shape index (κ1) is 16.7. The molecule has 0 heterocycles. The first-order chi connectivity index (χ1) is 9.11. The molecule has 0 spiro atoms. The first-order valence-corrected chi connectivity index (χ1v) is 8.13. The van der Waals surface area contributed by atoms with Crippen molar-refractivity contribution in [3.05, 3.63) is 35.4 Å². The number of hydrogen-bond acceptors (Lipinski definition) is 5. The van der Waals surface area contributed by atoms with Gasteiger partial charge in [-0.15, -0.1) is 0 Å². The normalized spacial score (nSPS) is 12.2. The van der Waals surface area contributed by atoms with Gasteiger partial charge < -0.3 is 10.5 Å². The topological polar surface area (TPSA) is 86.5 Å². The quantitative estimate of drug-likeness (QED) is 0.831. The molecule has 6 heteroatoms. The van der Waals surface area contributed by atoms with E-state index in [1.54, 1.807) is 39.0 Å². The molecule has 1 rings (SSSR count). The van der Waals surface area contributed by atoms with Gasteiger partial charge in [0.15, 0.2) is 9.84 Å². The molecule has 0 radical (unpaired) electrons. The van der Waals surface area contributed by atoms with Gasteiger partial charge in [0.25, 0.3) is 0 Å². The lowest BCUT2D eigenvalue weighted by molar-refractivity contribution is -0.151. The average molecular weight is 299 g/mol. The molecule has 0 aliphatic rings. The van der Waals surface area contributed by atoms with Crippen LogP contribution in [0.5, 0.6) is 0 Å². The van der Waals surface area contributed by atoms with Gasteiger partial charge in [0.1, 0.15) is 11.4 Å². The number of sulfone groups is 1. The van der Waals surface area contributed by atoms with Crippen molar-refractivity contribution >= 4 is 15.8 Å². The average Bonchev–Trinajstić information content (AvgIpc) is 2.24. The summed E-state index contributed by atoms with van der Waals surface area (Å²) in [7, 11) is -3.55. The van der Waals surface area contributed by atoms with Crippen LogP contribution in [-0.4, -0.2) is 25.7 Å². The fourth-order valence-electron chi connectivity index (χ4n) is 1.70. The van der Waals surface area contributed by atoms with Crippen molar-refractivity contribution in [1.82, 2.24) is 0 Å². The standard InChI is InChI=1S/C14H21NO4S/c1-14(2,3)19-13(16)10-20(17,18)9-12-6-4-5-11(7-12)8-15/h4-7H,8-10,15H2,1-3H3. The first-order valence-electron chi connectivity index (χ1n) is 6.31. The summed E-state index contributed by atoms with van der Waals surface area (Å²) in [6.45, 7) is 5.44. The van der Waals surface area contributed by atoms with Gasteiger partial charge in [0.2, 0.25) is 0 Å². The number of hydrogen-bond donors (Lipinski definition) is 1. The van der Waals surface area contributed by atoms with Crippen LogP contribution in [0.15, 0.2) is 24.3 Å². The van der Waals surface area contributed by atoms with Crippen molar-refractivity contribution < 1.29 is 17.9 Å². The third-order valence-corrected chi connectivity index (χ3v) is 3.82. The Balaban J connectivity index is 2.72. The molecule has 1 aromatic carbocycles. The number of rotatable bonds is 5. The number of carbonyl (C=O) groups excluding carboxylic acids is 1. The lowest BCUT2D eigenvalue weighted by Gasteiger charge is -2.19. The summed E-state index contributed by atoms with van der Waals surface area (Å²) >= 11 is 0. The van der Waals surface area contributed by atoms with E-state index in [1.807, 2.05) is 6.07 Å². The molecule has 0 aliphatic heterocycles. The van der Waals surface area contributed by atoms with Gasteiger partial charge in [0, 0.05) is 6.54 Å². The monoisotopic (exact) mass is 299 g/mol. The predicted molar refractivity (Wildman–Crippen MR) is 77.7 cm³/mol. The van der Waals surface area contributed by atoms with Crippen LogP contribution in [0.1, 0.15) is 31.9 Å². The highest BCUT2D eigenvalue weighted by Gasteiger charge is 2.23. The molecule has 5 nitrogen and oxygen atoms in total. The fraction of sp³-hybridized carbons (Fsp3) is 0.500. The molecule has 20 heavy (non-hydrogen) atoms. The van der Waals surface area contributed by atoms with Gasteiger partial charge in [-0.3, -0.25) is 4.79 Å². The van der Waals surface area contributed by atoms with Crippen LogP contribution in [0.2, 0.25) is 0 Å². The highest BCUT2D eigenvalue weighted by atomic mass is 32.2. The van der Waals surface area contributed by atoms with Gasteiger partial charge in [-0.1, -0.05) is 24.3 Å². The minimum atomic E-state index is -3.55. The molecule has 0 unspecified atom stereocenters. The fourth-order valence-corrected chi connectivity index (χ4v) is 2.91. The highest BCUT2D eigenvalue weighted by molar-refractivity contribution is 7.91. The van der Waals surface area contributed by atoms with Crippen LogP contribution in [0.25, 0.3) is 0 Å². The van der Waals surface area contributed by atoms with Crippen LogP contribution in [-0.2, 0) is 31.7 Å². The van der Waals surface area contributed by atoms with Crippen LogP contribution in [0, 0.1) is 0 Å². The Morgan fingerprint density at radius 3 is 2.40 bits per heavy atom.